The molecule has 2 rings (SSSR count). The molecule has 0 aromatic carbocycles. The number of H-pyrrole nitrogens is 1. The summed E-state index contributed by atoms with van der Waals surface area (Å²) in [4.78, 5) is 18.9. The largest absolute Gasteiger partial charge is 0.441 e. The average molecular weight is 367 g/mol. The Balaban J connectivity index is 1.76. The number of alkyl carbamates (subject to hydrolysis) is 1. The van der Waals surface area contributed by atoms with E-state index in [1.54, 1.807) is 12.4 Å². The van der Waals surface area contributed by atoms with E-state index in [1.165, 1.54) is 32.1 Å². The number of nitrogens with one attached hydrogen (secondary N) is 2. The summed E-state index contributed by atoms with van der Waals surface area (Å²) in [5, 5.41) is 13.4. The molecule has 1 fully saturated rings. The SMILES string of the molecule is CC(C)[C@H](C[C@H](O)[C@@H](N)CC1CCCCC1)NC(=O)OCc1ncc[nH]1. The first-order chi connectivity index (χ1) is 12.5. The first-order valence-electron chi connectivity index (χ1n) is 9.81. The van der Waals surface area contributed by atoms with Gasteiger partial charge in [0, 0.05) is 24.5 Å². The van der Waals surface area contributed by atoms with Crippen molar-refractivity contribution in [1.29, 1.82) is 0 Å². The minimum atomic E-state index is -0.630. The zero-order chi connectivity index (χ0) is 18.9. The number of imidazole rings is 1. The fourth-order valence-corrected chi connectivity index (χ4v) is 3.60. The van der Waals surface area contributed by atoms with E-state index in [4.69, 9.17) is 10.5 Å². The van der Waals surface area contributed by atoms with Gasteiger partial charge in [0.25, 0.3) is 0 Å². The number of ether oxygens (including phenoxy) is 1. The maximum atomic E-state index is 12.0. The molecule has 7 nitrogen and oxygen atoms in total. The fraction of sp³-hybridized carbons (Fsp3) is 0.789. The Kier molecular flexibility index (Phi) is 8.38. The van der Waals surface area contributed by atoms with Crippen molar-refractivity contribution in [3.8, 4) is 0 Å². The first kappa shape index (κ1) is 20.7. The van der Waals surface area contributed by atoms with Crippen LogP contribution < -0.4 is 11.1 Å². The van der Waals surface area contributed by atoms with Crippen LogP contribution in [0.4, 0.5) is 4.79 Å². The highest BCUT2D eigenvalue weighted by Crippen LogP contribution is 2.28. The molecule has 3 atom stereocenters. The van der Waals surface area contributed by atoms with E-state index in [0.29, 0.717) is 18.2 Å². The third kappa shape index (κ3) is 6.96. The quantitative estimate of drug-likeness (QED) is 0.537. The van der Waals surface area contributed by atoms with E-state index in [0.717, 1.165) is 6.42 Å². The highest BCUT2D eigenvalue weighted by molar-refractivity contribution is 5.67. The molecule has 1 aliphatic rings. The minimum Gasteiger partial charge on any atom is -0.441 e. The topological polar surface area (TPSA) is 113 Å². The summed E-state index contributed by atoms with van der Waals surface area (Å²) in [6.07, 6.45) is 9.72. The molecule has 0 saturated heterocycles. The summed E-state index contributed by atoms with van der Waals surface area (Å²) in [5.41, 5.74) is 6.24. The molecule has 0 unspecified atom stereocenters. The molecule has 1 aromatic heterocycles. The lowest BCUT2D eigenvalue weighted by Crippen LogP contribution is -2.46. The third-order valence-electron chi connectivity index (χ3n) is 5.32. The Labute approximate surface area is 156 Å². The molecule has 1 saturated carbocycles. The summed E-state index contributed by atoms with van der Waals surface area (Å²) in [6, 6.07) is -0.438. The molecule has 0 spiro atoms. The van der Waals surface area contributed by atoms with E-state index in [-0.39, 0.29) is 24.6 Å². The summed E-state index contributed by atoms with van der Waals surface area (Å²) in [6.45, 7) is 4.11. The normalized spacial score (nSPS) is 19.1. The van der Waals surface area contributed by atoms with E-state index in [2.05, 4.69) is 15.3 Å². The van der Waals surface area contributed by atoms with Gasteiger partial charge in [-0.3, -0.25) is 0 Å². The second kappa shape index (κ2) is 10.5. The van der Waals surface area contributed by atoms with Gasteiger partial charge in [-0.05, 0) is 24.7 Å². The Morgan fingerprint density at radius 2 is 2.15 bits per heavy atom. The highest BCUT2D eigenvalue weighted by atomic mass is 16.5. The van der Waals surface area contributed by atoms with E-state index < -0.39 is 12.2 Å². The Morgan fingerprint density at radius 3 is 2.77 bits per heavy atom. The number of nitrogens with two attached hydrogens (primary N) is 1. The van der Waals surface area contributed by atoms with Crippen molar-refractivity contribution in [3.05, 3.63) is 18.2 Å². The molecule has 0 bridgehead atoms. The predicted octanol–water partition coefficient (Wildman–Crippen LogP) is 2.71. The number of hydrogen-bond acceptors (Lipinski definition) is 5. The number of amides is 1. The first-order valence-corrected chi connectivity index (χ1v) is 9.81. The zero-order valence-corrected chi connectivity index (χ0v) is 16.0. The van der Waals surface area contributed by atoms with Crippen LogP contribution >= 0.6 is 0 Å². The number of hydrogen-bond donors (Lipinski definition) is 4. The molecule has 1 aromatic rings. The number of aromatic amines is 1. The van der Waals surface area contributed by atoms with Crippen molar-refractivity contribution in [2.45, 2.75) is 83.6 Å². The van der Waals surface area contributed by atoms with Crippen molar-refractivity contribution in [2.24, 2.45) is 17.6 Å². The molecule has 1 amide bonds. The van der Waals surface area contributed by atoms with Gasteiger partial charge in [0.05, 0.1) is 6.10 Å². The number of rotatable bonds is 9. The number of aliphatic hydroxyl groups excluding tert-OH is 1. The van der Waals surface area contributed by atoms with Crippen molar-refractivity contribution in [3.63, 3.8) is 0 Å². The second-order valence-corrected chi connectivity index (χ2v) is 7.81. The number of aromatic nitrogens is 2. The third-order valence-corrected chi connectivity index (χ3v) is 5.32. The summed E-state index contributed by atoms with van der Waals surface area (Å²) in [5.74, 6) is 1.38. The lowest BCUT2D eigenvalue weighted by Gasteiger charge is -2.30. The van der Waals surface area contributed by atoms with Gasteiger partial charge in [-0.1, -0.05) is 46.0 Å². The summed E-state index contributed by atoms with van der Waals surface area (Å²) in [7, 11) is 0. The van der Waals surface area contributed by atoms with Crippen LogP contribution in [0.2, 0.25) is 0 Å². The van der Waals surface area contributed by atoms with Gasteiger partial charge in [0.1, 0.15) is 5.82 Å². The van der Waals surface area contributed by atoms with Crippen LogP contribution in [0.5, 0.6) is 0 Å². The minimum absolute atomic E-state index is 0.0907. The van der Waals surface area contributed by atoms with E-state index in [9.17, 15) is 9.90 Å². The van der Waals surface area contributed by atoms with Crippen LogP contribution in [0.25, 0.3) is 0 Å². The van der Waals surface area contributed by atoms with Crippen LogP contribution in [-0.4, -0.2) is 39.4 Å². The van der Waals surface area contributed by atoms with Gasteiger partial charge < -0.3 is 25.9 Å². The molecular weight excluding hydrogens is 332 g/mol. The van der Waals surface area contributed by atoms with Crippen LogP contribution in [0.15, 0.2) is 12.4 Å². The molecule has 7 heteroatoms. The molecule has 26 heavy (non-hydrogen) atoms. The molecule has 5 N–H and O–H groups in total. The van der Waals surface area contributed by atoms with Crippen LogP contribution in [0.1, 0.15) is 64.6 Å². The molecule has 1 aliphatic carbocycles. The zero-order valence-electron chi connectivity index (χ0n) is 16.0. The predicted molar refractivity (Wildman–Crippen MR) is 100 cm³/mol. The van der Waals surface area contributed by atoms with Crippen molar-refractivity contribution >= 4 is 6.09 Å². The average Bonchev–Trinajstić information content (AvgIpc) is 3.13. The summed E-state index contributed by atoms with van der Waals surface area (Å²) < 4.78 is 5.17. The fourth-order valence-electron chi connectivity index (χ4n) is 3.60. The summed E-state index contributed by atoms with van der Waals surface area (Å²) >= 11 is 0. The smallest absolute Gasteiger partial charge is 0.407 e. The molecule has 148 valence electrons. The Morgan fingerprint density at radius 1 is 1.42 bits per heavy atom. The van der Waals surface area contributed by atoms with Gasteiger partial charge >= 0.3 is 6.09 Å². The van der Waals surface area contributed by atoms with Crippen molar-refractivity contribution < 1.29 is 14.6 Å². The Bertz CT molecular complexity index is 515. The molecule has 0 radical (unpaired) electrons. The van der Waals surface area contributed by atoms with E-state index in [1.807, 2.05) is 13.8 Å². The standard InChI is InChI=1S/C19H34N4O3/c1-13(2)16(23-19(25)26-12-18-21-8-9-22-18)11-17(24)15(20)10-14-6-4-3-5-7-14/h8-9,13-17,24H,3-7,10-12,20H2,1-2H3,(H,21,22)(H,23,25)/t15-,16-,17-/m0/s1. The second-order valence-electron chi connectivity index (χ2n) is 7.81. The van der Waals surface area contributed by atoms with Gasteiger partial charge in [0.2, 0.25) is 0 Å². The lowest BCUT2D eigenvalue weighted by atomic mass is 9.83. The maximum Gasteiger partial charge on any atom is 0.407 e. The van der Waals surface area contributed by atoms with Gasteiger partial charge in [-0.2, -0.15) is 0 Å². The monoisotopic (exact) mass is 366 g/mol. The number of carbonyl (C=O) groups excluding carboxylic acids is 1. The van der Waals surface area contributed by atoms with E-state index >= 15 is 0 Å². The highest BCUT2D eigenvalue weighted by Gasteiger charge is 2.26. The number of nitrogens with zero attached hydrogens (tertiary/aromatic N) is 1. The molecule has 1 heterocycles. The number of carbonyl (C=O) groups is 1. The molecular formula is C19H34N4O3. The van der Waals surface area contributed by atoms with Gasteiger partial charge in [0.15, 0.2) is 6.61 Å². The van der Waals surface area contributed by atoms with Crippen LogP contribution in [0.3, 0.4) is 0 Å². The van der Waals surface area contributed by atoms with Crippen molar-refractivity contribution in [1.82, 2.24) is 15.3 Å². The van der Waals surface area contributed by atoms with Gasteiger partial charge in [-0.25, -0.2) is 9.78 Å². The number of aliphatic hydroxyl groups is 1. The van der Waals surface area contributed by atoms with Crippen molar-refractivity contribution in [2.75, 3.05) is 0 Å². The van der Waals surface area contributed by atoms with Crippen LogP contribution in [-0.2, 0) is 11.3 Å². The Hall–Kier alpha value is -1.60. The lowest BCUT2D eigenvalue weighted by molar-refractivity contribution is 0.0916. The van der Waals surface area contributed by atoms with Crippen LogP contribution in [0, 0.1) is 11.8 Å². The maximum absolute atomic E-state index is 12.0. The molecule has 0 aliphatic heterocycles. The van der Waals surface area contributed by atoms with Gasteiger partial charge in [-0.15, -0.1) is 0 Å².